The first-order valence-corrected chi connectivity index (χ1v) is 8.22. The lowest BCUT2D eigenvalue weighted by molar-refractivity contribution is 0.0630. The first-order chi connectivity index (χ1) is 10.6. The van der Waals surface area contributed by atoms with E-state index in [2.05, 4.69) is 9.88 Å². The summed E-state index contributed by atoms with van der Waals surface area (Å²) in [6.45, 7) is 6.19. The van der Waals surface area contributed by atoms with E-state index in [0.29, 0.717) is 11.3 Å². The van der Waals surface area contributed by atoms with Crippen molar-refractivity contribution < 1.29 is 4.79 Å². The molecule has 2 N–H and O–H groups in total. The van der Waals surface area contributed by atoms with Gasteiger partial charge in [0.05, 0.1) is 10.6 Å². The fourth-order valence-electron chi connectivity index (χ4n) is 2.67. The molecule has 140 valence electrons. The number of halogens is 3. The number of piperazine rings is 1. The van der Waals surface area contributed by atoms with E-state index in [-0.39, 0.29) is 43.1 Å². The number of rotatable bonds is 3. The first-order valence-electron chi connectivity index (χ1n) is 7.41. The van der Waals surface area contributed by atoms with Crippen LogP contribution >= 0.6 is 48.6 Å². The smallest absolute Gasteiger partial charge is 0.256 e. The van der Waals surface area contributed by atoms with Gasteiger partial charge in [0.25, 0.3) is 5.91 Å². The van der Waals surface area contributed by atoms with Crippen LogP contribution in [0.15, 0.2) is 30.5 Å². The van der Waals surface area contributed by atoms with Crippen molar-refractivity contribution >= 4 is 60.2 Å². The molecule has 3 rings (SSSR count). The number of hydrogen-bond donors (Lipinski definition) is 1. The minimum Gasteiger partial charge on any atom is -0.398 e. The van der Waals surface area contributed by atoms with Gasteiger partial charge in [0, 0.05) is 49.5 Å². The number of para-hydroxylation sites is 1. The molecule has 2 aromatic rings. The summed E-state index contributed by atoms with van der Waals surface area (Å²) in [5.41, 5.74) is 7.05. The van der Waals surface area contributed by atoms with E-state index >= 15 is 0 Å². The van der Waals surface area contributed by atoms with Crippen LogP contribution in [0.4, 0.5) is 5.69 Å². The molecule has 0 spiro atoms. The van der Waals surface area contributed by atoms with Gasteiger partial charge in [-0.1, -0.05) is 12.1 Å². The SMILES string of the molecule is Cc1ncc(CN2CCN(C(=O)c3ccccc3N)CC2)s1.Cl.Cl.Cl. The molecule has 5 nitrogen and oxygen atoms in total. The van der Waals surface area contributed by atoms with Gasteiger partial charge in [-0.15, -0.1) is 48.6 Å². The summed E-state index contributed by atoms with van der Waals surface area (Å²) in [5.74, 6) is 0.0337. The second kappa shape index (κ2) is 10.8. The van der Waals surface area contributed by atoms with Crippen molar-refractivity contribution in [3.8, 4) is 0 Å². The number of nitrogens with two attached hydrogens (primary N) is 1. The topological polar surface area (TPSA) is 62.5 Å². The Bertz CT molecular complexity index is 675. The molecule has 0 bridgehead atoms. The van der Waals surface area contributed by atoms with E-state index in [1.54, 1.807) is 23.5 Å². The van der Waals surface area contributed by atoms with Crippen LogP contribution in [0.25, 0.3) is 0 Å². The van der Waals surface area contributed by atoms with Crippen molar-refractivity contribution in [2.45, 2.75) is 13.5 Å². The molecule has 1 aromatic carbocycles. The maximum absolute atomic E-state index is 12.5. The Morgan fingerprint density at radius 2 is 1.80 bits per heavy atom. The van der Waals surface area contributed by atoms with E-state index in [1.807, 2.05) is 30.2 Å². The number of amides is 1. The molecule has 9 heteroatoms. The standard InChI is InChI=1S/C16H20N4OS.3ClH/c1-12-18-10-13(22-12)11-19-6-8-20(9-7-19)16(21)14-4-2-3-5-15(14)17;;;/h2-5,10H,6-9,11,17H2,1H3;3*1H. The molecule has 1 aromatic heterocycles. The largest absolute Gasteiger partial charge is 0.398 e. The molecule has 1 saturated heterocycles. The highest BCUT2D eigenvalue weighted by Crippen LogP contribution is 2.18. The van der Waals surface area contributed by atoms with Crippen LogP contribution in [0.2, 0.25) is 0 Å². The summed E-state index contributed by atoms with van der Waals surface area (Å²) in [7, 11) is 0. The van der Waals surface area contributed by atoms with Crippen molar-refractivity contribution in [2.24, 2.45) is 0 Å². The Morgan fingerprint density at radius 1 is 1.16 bits per heavy atom. The number of benzene rings is 1. The number of aromatic nitrogens is 1. The van der Waals surface area contributed by atoms with Crippen LogP contribution in [0.3, 0.4) is 0 Å². The number of thiazole rings is 1. The zero-order chi connectivity index (χ0) is 15.5. The second-order valence-electron chi connectivity index (χ2n) is 5.50. The number of anilines is 1. The zero-order valence-electron chi connectivity index (χ0n) is 13.9. The molecule has 0 unspecified atom stereocenters. The number of nitrogen functional groups attached to an aromatic ring is 1. The molecule has 1 aliphatic heterocycles. The minimum atomic E-state index is 0. The van der Waals surface area contributed by atoms with Gasteiger partial charge < -0.3 is 10.6 Å². The lowest BCUT2D eigenvalue weighted by Gasteiger charge is -2.34. The number of aryl methyl sites for hydroxylation is 1. The molecule has 1 fully saturated rings. The fourth-order valence-corrected chi connectivity index (χ4v) is 3.51. The average Bonchev–Trinajstić information content (AvgIpc) is 2.93. The third-order valence-corrected chi connectivity index (χ3v) is 4.80. The second-order valence-corrected chi connectivity index (χ2v) is 6.82. The van der Waals surface area contributed by atoms with E-state index in [4.69, 9.17) is 5.73 Å². The van der Waals surface area contributed by atoms with E-state index in [9.17, 15) is 4.79 Å². The highest BCUT2D eigenvalue weighted by molar-refractivity contribution is 7.11. The average molecular weight is 426 g/mol. The van der Waals surface area contributed by atoms with Gasteiger partial charge in [0.2, 0.25) is 0 Å². The van der Waals surface area contributed by atoms with Gasteiger partial charge in [0.1, 0.15) is 0 Å². The highest BCUT2D eigenvalue weighted by Gasteiger charge is 2.23. The summed E-state index contributed by atoms with van der Waals surface area (Å²) >= 11 is 1.74. The molecule has 1 aliphatic rings. The molecule has 0 atom stereocenters. The zero-order valence-corrected chi connectivity index (χ0v) is 17.1. The maximum atomic E-state index is 12.5. The van der Waals surface area contributed by atoms with Gasteiger partial charge in [-0.2, -0.15) is 0 Å². The molecule has 2 heterocycles. The third-order valence-electron chi connectivity index (χ3n) is 3.90. The highest BCUT2D eigenvalue weighted by atomic mass is 35.5. The van der Waals surface area contributed by atoms with Crippen LogP contribution in [-0.2, 0) is 6.54 Å². The summed E-state index contributed by atoms with van der Waals surface area (Å²) in [5, 5.41) is 1.10. The fraction of sp³-hybridized carbons (Fsp3) is 0.375. The molecular formula is C16H23Cl3N4OS. The molecule has 0 radical (unpaired) electrons. The summed E-state index contributed by atoms with van der Waals surface area (Å²) in [6.07, 6.45) is 1.95. The monoisotopic (exact) mass is 424 g/mol. The van der Waals surface area contributed by atoms with E-state index in [1.165, 1.54) is 4.88 Å². The first kappa shape index (κ1) is 23.9. The molecule has 0 aliphatic carbocycles. The summed E-state index contributed by atoms with van der Waals surface area (Å²) in [4.78, 5) is 22.3. The Balaban J connectivity index is 0.00000192. The molecular weight excluding hydrogens is 403 g/mol. The van der Waals surface area contributed by atoms with Gasteiger partial charge in [-0.05, 0) is 19.1 Å². The van der Waals surface area contributed by atoms with E-state index in [0.717, 1.165) is 37.7 Å². The normalized spacial score (nSPS) is 14.0. The predicted molar refractivity (Wildman–Crippen MR) is 111 cm³/mol. The third kappa shape index (κ3) is 6.01. The molecule has 1 amide bonds. The minimum absolute atomic E-state index is 0. The van der Waals surface area contributed by atoms with Gasteiger partial charge in [-0.25, -0.2) is 4.98 Å². The predicted octanol–water partition coefficient (Wildman–Crippen LogP) is 3.26. The number of nitrogens with zero attached hydrogens (tertiary/aromatic N) is 3. The van der Waals surface area contributed by atoms with Crippen molar-refractivity contribution in [1.82, 2.24) is 14.8 Å². The Morgan fingerprint density at radius 3 is 2.36 bits per heavy atom. The van der Waals surface area contributed by atoms with Crippen molar-refractivity contribution in [2.75, 3.05) is 31.9 Å². The molecule has 0 saturated carbocycles. The number of hydrogen-bond acceptors (Lipinski definition) is 5. The molecule has 25 heavy (non-hydrogen) atoms. The summed E-state index contributed by atoms with van der Waals surface area (Å²) < 4.78 is 0. The Kier molecular flexibility index (Phi) is 10.4. The van der Waals surface area contributed by atoms with Crippen LogP contribution in [0.1, 0.15) is 20.2 Å². The Labute approximate surface area is 170 Å². The van der Waals surface area contributed by atoms with Crippen LogP contribution in [0, 0.1) is 6.92 Å². The quantitative estimate of drug-likeness (QED) is 0.767. The lowest BCUT2D eigenvalue weighted by atomic mass is 10.1. The van der Waals surface area contributed by atoms with Gasteiger partial charge in [0.15, 0.2) is 0 Å². The number of carbonyl (C=O) groups excluding carboxylic acids is 1. The number of carbonyl (C=O) groups is 1. The van der Waals surface area contributed by atoms with Gasteiger partial charge in [-0.3, -0.25) is 9.69 Å². The van der Waals surface area contributed by atoms with E-state index < -0.39 is 0 Å². The maximum Gasteiger partial charge on any atom is 0.256 e. The van der Waals surface area contributed by atoms with Crippen molar-refractivity contribution in [3.05, 3.63) is 45.9 Å². The van der Waals surface area contributed by atoms with Crippen molar-refractivity contribution in [1.29, 1.82) is 0 Å². The summed E-state index contributed by atoms with van der Waals surface area (Å²) in [6, 6.07) is 7.27. The van der Waals surface area contributed by atoms with Crippen molar-refractivity contribution in [3.63, 3.8) is 0 Å². The van der Waals surface area contributed by atoms with Crippen LogP contribution < -0.4 is 5.73 Å². The van der Waals surface area contributed by atoms with Crippen LogP contribution in [-0.4, -0.2) is 46.9 Å². The van der Waals surface area contributed by atoms with Gasteiger partial charge >= 0.3 is 0 Å². The Hall–Kier alpha value is -1.05. The van der Waals surface area contributed by atoms with Crippen LogP contribution in [0.5, 0.6) is 0 Å². The lowest BCUT2D eigenvalue weighted by Crippen LogP contribution is -2.48.